The Bertz CT molecular complexity index is 1370. The van der Waals surface area contributed by atoms with Gasteiger partial charge in [0, 0.05) is 36.3 Å². The van der Waals surface area contributed by atoms with Crippen LogP contribution in [0.2, 0.25) is 0 Å². The van der Waals surface area contributed by atoms with Gasteiger partial charge in [0.05, 0.1) is 24.4 Å². The summed E-state index contributed by atoms with van der Waals surface area (Å²) >= 11 is 0. The fourth-order valence-electron chi connectivity index (χ4n) is 3.68. The number of hydrogen-bond acceptors (Lipinski definition) is 10. The van der Waals surface area contributed by atoms with E-state index in [0.29, 0.717) is 43.8 Å². The summed E-state index contributed by atoms with van der Waals surface area (Å²) < 4.78 is 5.45. The normalized spacial score (nSPS) is 13.8. The van der Waals surface area contributed by atoms with Crippen LogP contribution in [0.5, 0.6) is 0 Å². The molecule has 0 spiro atoms. The third kappa shape index (κ3) is 5.31. The minimum absolute atomic E-state index is 0.0203. The molecule has 0 radical (unpaired) electrons. The summed E-state index contributed by atoms with van der Waals surface area (Å²) in [6, 6.07) is 20.1. The largest absolute Gasteiger partial charge is 0.378 e. The molecule has 35 heavy (non-hydrogen) atoms. The molecule has 0 unspecified atom stereocenters. The van der Waals surface area contributed by atoms with E-state index in [-0.39, 0.29) is 11.6 Å². The number of fused-ring (bicyclic) bond motifs is 1. The first-order valence-corrected chi connectivity index (χ1v) is 11.0. The van der Waals surface area contributed by atoms with Crippen LogP contribution in [0.25, 0.3) is 10.8 Å². The molecule has 0 saturated carbocycles. The van der Waals surface area contributed by atoms with Gasteiger partial charge in [-0.2, -0.15) is 20.1 Å². The van der Waals surface area contributed by atoms with Crippen molar-refractivity contribution in [3.63, 3.8) is 0 Å². The summed E-state index contributed by atoms with van der Waals surface area (Å²) in [5, 5.41) is 20.5. The number of hydrazone groups is 1. The molecule has 0 bridgehead atoms. The maximum absolute atomic E-state index is 10.8. The number of non-ortho nitro benzene ring substituents is 1. The van der Waals surface area contributed by atoms with Crippen LogP contribution in [-0.2, 0) is 4.74 Å². The lowest BCUT2D eigenvalue weighted by molar-refractivity contribution is -0.384. The molecule has 11 heteroatoms. The topological polar surface area (TPSA) is 131 Å². The number of nitrogens with one attached hydrogen (secondary N) is 2. The van der Waals surface area contributed by atoms with E-state index in [1.54, 1.807) is 18.3 Å². The Hall–Kier alpha value is -4.64. The molecule has 2 heterocycles. The van der Waals surface area contributed by atoms with Crippen LogP contribution in [-0.4, -0.2) is 52.4 Å². The smallest absolute Gasteiger partial charge is 0.269 e. The van der Waals surface area contributed by atoms with Crippen molar-refractivity contribution in [2.24, 2.45) is 5.10 Å². The molecule has 1 fully saturated rings. The Morgan fingerprint density at radius 2 is 1.69 bits per heavy atom. The van der Waals surface area contributed by atoms with Crippen molar-refractivity contribution in [3.8, 4) is 0 Å². The second-order valence-electron chi connectivity index (χ2n) is 7.75. The van der Waals surface area contributed by atoms with Gasteiger partial charge in [0.25, 0.3) is 5.69 Å². The molecule has 1 saturated heterocycles. The standard InChI is InChI=1S/C24H22N8O3/c33-32(34)19-10-8-17(9-11-19)16-25-30-23-27-22(28-24(29-23)31-12-14-35-15-13-31)26-21-7-3-5-18-4-1-2-6-20(18)21/h1-11,16H,12-15H2,(H2,26,27,28,29,30). The third-order valence-electron chi connectivity index (χ3n) is 5.44. The van der Waals surface area contributed by atoms with Crippen LogP contribution in [0.15, 0.2) is 71.8 Å². The summed E-state index contributed by atoms with van der Waals surface area (Å²) in [5.74, 6) is 1.16. The highest BCUT2D eigenvalue weighted by molar-refractivity contribution is 5.95. The fraction of sp³-hybridized carbons (Fsp3) is 0.167. The van der Waals surface area contributed by atoms with Crippen LogP contribution in [0.3, 0.4) is 0 Å². The number of hydrogen-bond donors (Lipinski definition) is 2. The summed E-state index contributed by atoms with van der Waals surface area (Å²) in [6.45, 7) is 2.53. The van der Waals surface area contributed by atoms with Gasteiger partial charge in [-0.25, -0.2) is 5.43 Å². The predicted molar refractivity (Wildman–Crippen MR) is 134 cm³/mol. The summed E-state index contributed by atoms with van der Waals surface area (Å²) in [6.07, 6.45) is 1.54. The molecule has 2 N–H and O–H groups in total. The number of benzene rings is 3. The highest BCUT2D eigenvalue weighted by atomic mass is 16.6. The van der Waals surface area contributed by atoms with Crippen molar-refractivity contribution in [2.45, 2.75) is 0 Å². The van der Waals surface area contributed by atoms with E-state index in [1.165, 1.54) is 12.1 Å². The Labute approximate surface area is 200 Å². The van der Waals surface area contributed by atoms with Gasteiger partial charge in [0.2, 0.25) is 17.8 Å². The number of nitrogens with zero attached hydrogens (tertiary/aromatic N) is 6. The monoisotopic (exact) mass is 470 g/mol. The molecule has 0 amide bonds. The van der Waals surface area contributed by atoms with Gasteiger partial charge < -0.3 is 15.0 Å². The second-order valence-corrected chi connectivity index (χ2v) is 7.75. The van der Waals surface area contributed by atoms with E-state index < -0.39 is 4.92 Å². The van der Waals surface area contributed by atoms with E-state index in [4.69, 9.17) is 4.74 Å². The molecular formula is C24H22N8O3. The molecule has 176 valence electrons. The number of nitro groups is 1. The molecular weight excluding hydrogens is 448 g/mol. The lowest BCUT2D eigenvalue weighted by Gasteiger charge is -2.27. The van der Waals surface area contributed by atoms with Crippen molar-refractivity contribution < 1.29 is 9.66 Å². The zero-order valence-electron chi connectivity index (χ0n) is 18.7. The van der Waals surface area contributed by atoms with Crippen molar-refractivity contribution in [1.29, 1.82) is 0 Å². The van der Waals surface area contributed by atoms with Crippen molar-refractivity contribution >= 4 is 46.2 Å². The molecule has 0 aliphatic carbocycles. The molecule has 11 nitrogen and oxygen atoms in total. The van der Waals surface area contributed by atoms with Crippen molar-refractivity contribution in [3.05, 3.63) is 82.4 Å². The lowest BCUT2D eigenvalue weighted by Crippen LogP contribution is -2.37. The molecule has 3 aromatic carbocycles. The molecule has 1 aliphatic rings. The van der Waals surface area contributed by atoms with Gasteiger partial charge in [-0.3, -0.25) is 10.1 Å². The van der Waals surface area contributed by atoms with Crippen LogP contribution in [0, 0.1) is 10.1 Å². The maximum Gasteiger partial charge on any atom is 0.269 e. The van der Waals surface area contributed by atoms with Gasteiger partial charge in [-0.15, -0.1) is 0 Å². The zero-order chi connectivity index (χ0) is 24.0. The fourth-order valence-corrected chi connectivity index (χ4v) is 3.68. The van der Waals surface area contributed by atoms with Gasteiger partial charge in [-0.05, 0) is 29.1 Å². The van der Waals surface area contributed by atoms with Gasteiger partial charge >= 0.3 is 0 Å². The number of anilines is 4. The van der Waals surface area contributed by atoms with Crippen LogP contribution in [0.1, 0.15) is 5.56 Å². The SMILES string of the molecule is O=[N+]([O-])c1ccc(C=NNc2nc(Nc3cccc4ccccc34)nc(N3CCOCC3)n2)cc1. The average molecular weight is 470 g/mol. The van der Waals surface area contributed by atoms with Crippen LogP contribution < -0.4 is 15.6 Å². The Morgan fingerprint density at radius 3 is 2.49 bits per heavy atom. The van der Waals surface area contributed by atoms with Crippen molar-refractivity contribution in [1.82, 2.24) is 15.0 Å². The quantitative estimate of drug-likeness (QED) is 0.234. The Balaban J connectivity index is 1.41. The molecule has 1 aliphatic heterocycles. The maximum atomic E-state index is 10.8. The van der Waals surface area contributed by atoms with Crippen LogP contribution >= 0.6 is 0 Å². The molecule has 1 aromatic heterocycles. The first-order chi connectivity index (χ1) is 17.2. The summed E-state index contributed by atoms with van der Waals surface area (Å²) in [4.78, 5) is 26.1. The minimum Gasteiger partial charge on any atom is -0.378 e. The first kappa shape index (κ1) is 22.2. The van der Waals surface area contributed by atoms with E-state index in [2.05, 4.69) is 30.8 Å². The van der Waals surface area contributed by atoms with Gasteiger partial charge in [-0.1, -0.05) is 36.4 Å². The van der Waals surface area contributed by atoms with Gasteiger partial charge in [0.1, 0.15) is 0 Å². The Morgan fingerprint density at radius 1 is 0.943 bits per heavy atom. The third-order valence-corrected chi connectivity index (χ3v) is 5.44. The predicted octanol–water partition coefficient (Wildman–Crippen LogP) is 3.96. The lowest BCUT2D eigenvalue weighted by atomic mass is 10.1. The van der Waals surface area contributed by atoms with Crippen LogP contribution in [0.4, 0.5) is 29.2 Å². The summed E-state index contributed by atoms with van der Waals surface area (Å²) in [7, 11) is 0. The highest BCUT2D eigenvalue weighted by Gasteiger charge is 2.17. The number of aromatic nitrogens is 3. The number of morpholine rings is 1. The summed E-state index contributed by atoms with van der Waals surface area (Å²) in [5.41, 5.74) is 4.44. The number of rotatable bonds is 7. The number of nitro benzene ring substituents is 1. The first-order valence-electron chi connectivity index (χ1n) is 11.0. The van der Waals surface area contributed by atoms with E-state index >= 15 is 0 Å². The second kappa shape index (κ2) is 10.1. The average Bonchev–Trinajstić information content (AvgIpc) is 2.90. The van der Waals surface area contributed by atoms with E-state index in [1.807, 2.05) is 47.4 Å². The minimum atomic E-state index is -0.443. The number of ether oxygens (including phenoxy) is 1. The van der Waals surface area contributed by atoms with E-state index in [0.717, 1.165) is 16.5 Å². The van der Waals surface area contributed by atoms with Gasteiger partial charge in [0.15, 0.2) is 0 Å². The van der Waals surface area contributed by atoms with E-state index in [9.17, 15) is 10.1 Å². The molecule has 0 atom stereocenters. The van der Waals surface area contributed by atoms with Crippen molar-refractivity contribution in [2.75, 3.05) is 41.9 Å². The Kier molecular flexibility index (Phi) is 6.39. The zero-order valence-corrected chi connectivity index (χ0v) is 18.7. The molecule has 4 aromatic rings. The highest BCUT2D eigenvalue weighted by Crippen LogP contribution is 2.26. The molecule has 5 rings (SSSR count).